The van der Waals surface area contributed by atoms with Crippen molar-refractivity contribution in [3.05, 3.63) is 46.5 Å². The van der Waals surface area contributed by atoms with Crippen molar-refractivity contribution in [2.24, 2.45) is 0 Å². The predicted molar refractivity (Wildman–Crippen MR) is 111 cm³/mol. The van der Waals surface area contributed by atoms with Crippen LogP contribution in [0.2, 0.25) is 5.02 Å². The van der Waals surface area contributed by atoms with E-state index in [1.54, 1.807) is 32.9 Å². The topological polar surface area (TPSA) is 76.7 Å². The number of amides is 2. The van der Waals surface area contributed by atoms with Gasteiger partial charge in [-0.25, -0.2) is 4.79 Å². The molecule has 1 aromatic rings. The first-order valence-corrected chi connectivity index (χ1v) is 9.41. The highest BCUT2D eigenvalue weighted by Crippen LogP contribution is 2.29. The summed E-state index contributed by atoms with van der Waals surface area (Å²) in [5.41, 5.74) is 0.518. The van der Waals surface area contributed by atoms with Crippen LogP contribution < -0.4 is 15.4 Å². The molecule has 0 atom stereocenters. The summed E-state index contributed by atoms with van der Waals surface area (Å²) in [6, 6.07) is 5.41. The molecule has 0 saturated heterocycles. The SMILES string of the molecule is CC(C)(CNC(=O)OC(C)(C)C)NC(=O)C=CC1=Cc2cc(Cl)ccc2OC1. The largest absolute Gasteiger partial charge is 0.488 e. The van der Waals surface area contributed by atoms with Crippen LogP contribution >= 0.6 is 11.6 Å². The molecule has 2 rings (SSSR count). The van der Waals surface area contributed by atoms with Crippen molar-refractivity contribution < 1.29 is 19.1 Å². The van der Waals surface area contributed by atoms with E-state index in [9.17, 15) is 9.59 Å². The number of hydrogen-bond donors (Lipinski definition) is 2. The number of carbonyl (C=O) groups excluding carboxylic acids is 2. The molecule has 6 nitrogen and oxygen atoms in total. The minimum atomic E-state index is -0.643. The molecule has 1 aromatic carbocycles. The minimum Gasteiger partial charge on any atom is -0.488 e. The Labute approximate surface area is 170 Å². The van der Waals surface area contributed by atoms with Gasteiger partial charge in [0.15, 0.2) is 0 Å². The van der Waals surface area contributed by atoms with Gasteiger partial charge in [0.1, 0.15) is 18.0 Å². The normalized spacial score (nSPS) is 14.0. The zero-order chi connectivity index (χ0) is 20.9. The Morgan fingerprint density at radius 3 is 2.64 bits per heavy atom. The Balaban J connectivity index is 1.89. The van der Waals surface area contributed by atoms with Crippen LogP contribution in [-0.2, 0) is 9.53 Å². The van der Waals surface area contributed by atoms with Crippen molar-refractivity contribution in [1.29, 1.82) is 0 Å². The fourth-order valence-electron chi connectivity index (χ4n) is 2.47. The lowest BCUT2D eigenvalue weighted by Gasteiger charge is -2.27. The van der Waals surface area contributed by atoms with Gasteiger partial charge < -0.3 is 20.1 Å². The molecular formula is C21H27ClN2O4. The Kier molecular flexibility index (Phi) is 6.77. The Morgan fingerprint density at radius 1 is 1.25 bits per heavy atom. The molecule has 0 radical (unpaired) electrons. The molecular weight excluding hydrogens is 380 g/mol. The van der Waals surface area contributed by atoms with Crippen molar-refractivity contribution in [2.75, 3.05) is 13.2 Å². The molecule has 0 aromatic heterocycles. The van der Waals surface area contributed by atoms with Crippen LogP contribution in [0.15, 0.2) is 35.9 Å². The average molecular weight is 407 g/mol. The second-order valence-electron chi connectivity index (χ2n) is 8.25. The molecule has 152 valence electrons. The molecule has 1 aliphatic rings. The van der Waals surface area contributed by atoms with Gasteiger partial charge in [0.25, 0.3) is 0 Å². The zero-order valence-electron chi connectivity index (χ0n) is 16.9. The van der Waals surface area contributed by atoms with Crippen molar-refractivity contribution in [2.45, 2.75) is 45.8 Å². The van der Waals surface area contributed by atoms with Gasteiger partial charge in [-0.15, -0.1) is 0 Å². The summed E-state index contributed by atoms with van der Waals surface area (Å²) in [6.45, 7) is 9.62. The number of fused-ring (bicyclic) bond motifs is 1. The Morgan fingerprint density at radius 2 is 1.96 bits per heavy atom. The number of rotatable bonds is 5. The van der Waals surface area contributed by atoms with E-state index in [0.717, 1.165) is 16.9 Å². The third kappa shape index (κ3) is 7.27. The number of alkyl carbamates (subject to hydrolysis) is 1. The predicted octanol–water partition coefficient (Wildman–Crippen LogP) is 4.09. The third-order valence-electron chi connectivity index (χ3n) is 3.69. The molecule has 2 amide bonds. The van der Waals surface area contributed by atoms with Gasteiger partial charge in [0.05, 0.1) is 5.54 Å². The van der Waals surface area contributed by atoms with Gasteiger partial charge in [-0.3, -0.25) is 4.79 Å². The van der Waals surface area contributed by atoms with Crippen molar-refractivity contribution in [3.63, 3.8) is 0 Å². The number of hydrogen-bond acceptors (Lipinski definition) is 4. The second-order valence-corrected chi connectivity index (χ2v) is 8.69. The number of benzene rings is 1. The smallest absolute Gasteiger partial charge is 0.407 e. The average Bonchev–Trinajstić information content (AvgIpc) is 2.56. The van der Waals surface area contributed by atoms with Crippen LogP contribution in [0.1, 0.15) is 40.2 Å². The fourth-order valence-corrected chi connectivity index (χ4v) is 2.65. The van der Waals surface area contributed by atoms with Crippen molar-refractivity contribution in [3.8, 4) is 5.75 Å². The van der Waals surface area contributed by atoms with Crippen LogP contribution in [0.25, 0.3) is 6.08 Å². The van der Waals surface area contributed by atoms with Crippen LogP contribution in [0.3, 0.4) is 0 Å². The molecule has 7 heteroatoms. The first kappa shape index (κ1) is 21.8. The Bertz CT molecular complexity index is 807. The summed E-state index contributed by atoms with van der Waals surface area (Å²) in [6.07, 6.45) is 4.56. The van der Waals surface area contributed by atoms with Crippen molar-refractivity contribution in [1.82, 2.24) is 10.6 Å². The molecule has 0 saturated carbocycles. The molecule has 0 fully saturated rings. The van der Waals surface area contributed by atoms with Crippen LogP contribution in [-0.4, -0.2) is 36.3 Å². The van der Waals surface area contributed by atoms with Gasteiger partial charge in [0.2, 0.25) is 5.91 Å². The highest BCUT2D eigenvalue weighted by atomic mass is 35.5. The summed E-state index contributed by atoms with van der Waals surface area (Å²) < 4.78 is 10.9. The maximum absolute atomic E-state index is 12.2. The van der Waals surface area contributed by atoms with E-state index in [4.69, 9.17) is 21.1 Å². The highest BCUT2D eigenvalue weighted by molar-refractivity contribution is 6.30. The standard InChI is InChI=1S/C21H27ClN2O4/c1-20(2,3)28-19(26)23-13-21(4,5)24-18(25)9-6-14-10-15-11-16(22)7-8-17(15)27-12-14/h6-11H,12-13H2,1-5H3,(H,23,26)(H,24,25). The van der Waals surface area contributed by atoms with E-state index < -0.39 is 17.2 Å². The molecule has 1 heterocycles. The van der Waals surface area contributed by atoms with Gasteiger partial charge >= 0.3 is 6.09 Å². The monoisotopic (exact) mass is 406 g/mol. The maximum Gasteiger partial charge on any atom is 0.407 e. The highest BCUT2D eigenvalue weighted by Gasteiger charge is 2.22. The van der Waals surface area contributed by atoms with E-state index in [1.807, 2.05) is 32.1 Å². The summed E-state index contributed by atoms with van der Waals surface area (Å²) >= 11 is 6.01. The van der Waals surface area contributed by atoms with Crippen LogP contribution in [0, 0.1) is 0 Å². The van der Waals surface area contributed by atoms with Crippen LogP contribution in [0.5, 0.6) is 5.75 Å². The Hall–Kier alpha value is -2.47. The van der Waals surface area contributed by atoms with E-state index in [-0.39, 0.29) is 12.5 Å². The number of halogens is 1. The molecule has 2 N–H and O–H groups in total. The maximum atomic E-state index is 12.2. The van der Waals surface area contributed by atoms with E-state index in [1.165, 1.54) is 6.08 Å². The number of carbonyl (C=O) groups is 2. The lowest BCUT2D eigenvalue weighted by Crippen LogP contribution is -2.51. The van der Waals surface area contributed by atoms with Gasteiger partial charge in [0, 0.05) is 23.2 Å². The fraction of sp³-hybridized carbons (Fsp3) is 0.429. The van der Waals surface area contributed by atoms with Crippen molar-refractivity contribution >= 4 is 29.7 Å². The summed E-state index contributed by atoms with van der Waals surface area (Å²) in [5, 5.41) is 6.15. The molecule has 28 heavy (non-hydrogen) atoms. The molecule has 1 aliphatic heterocycles. The number of nitrogens with one attached hydrogen (secondary N) is 2. The quantitative estimate of drug-likeness (QED) is 0.722. The lowest BCUT2D eigenvalue weighted by atomic mass is 10.1. The molecule has 0 bridgehead atoms. The zero-order valence-corrected chi connectivity index (χ0v) is 17.6. The van der Waals surface area contributed by atoms with E-state index >= 15 is 0 Å². The summed E-state index contributed by atoms with van der Waals surface area (Å²) in [4.78, 5) is 24.0. The minimum absolute atomic E-state index is 0.235. The second kappa shape index (κ2) is 8.69. The van der Waals surface area contributed by atoms with Gasteiger partial charge in [-0.2, -0.15) is 0 Å². The van der Waals surface area contributed by atoms with E-state index in [2.05, 4.69) is 10.6 Å². The first-order chi connectivity index (χ1) is 12.9. The van der Waals surface area contributed by atoms with E-state index in [0.29, 0.717) is 11.6 Å². The summed E-state index contributed by atoms with van der Waals surface area (Å²) in [5.74, 6) is 0.495. The molecule has 0 spiro atoms. The third-order valence-corrected chi connectivity index (χ3v) is 3.93. The molecule has 0 aliphatic carbocycles. The number of ether oxygens (including phenoxy) is 2. The first-order valence-electron chi connectivity index (χ1n) is 9.04. The lowest BCUT2D eigenvalue weighted by molar-refractivity contribution is -0.118. The van der Waals surface area contributed by atoms with Gasteiger partial charge in [-0.05, 0) is 64.5 Å². The summed E-state index contributed by atoms with van der Waals surface area (Å²) in [7, 11) is 0. The molecule has 0 unspecified atom stereocenters. The van der Waals surface area contributed by atoms with Gasteiger partial charge in [-0.1, -0.05) is 17.7 Å². The van der Waals surface area contributed by atoms with Crippen LogP contribution in [0.4, 0.5) is 4.79 Å².